The number of benzene rings is 1. The highest BCUT2D eigenvalue weighted by Crippen LogP contribution is 2.12. The van der Waals surface area contributed by atoms with E-state index in [2.05, 4.69) is 10.2 Å². The molecule has 1 atom stereocenters. The molecule has 1 heterocycles. The van der Waals surface area contributed by atoms with Gasteiger partial charge in [-0.2, -0.15) is 0 Å². The fourth-order valence-electron chi connectivity index (χ4n) is 2.52. The second-order valence-corrected chi connectivity index (χ2v) is 5.32. The Balaban J connectivity index is 1.94. The van der Waals surface area contributed by atoms with E-state index in [1.807, 2.05) is 6.92 Å². The van der Waals surface area contributed by atoms with E-state index in [-0.39, 0.29) is 17.5 Å². The smallest absolute Gasteiger partial charge is 0.254 e. The van der Waals surface area contributed by atoms with Crippen molar-refractivity contribution in [1.29, 1.82) is 0 Å². The number of aryl methyl sites for hydroxylation is 1. The van der Waals surface area contributed by atoms with Gasteiger partial charge in [-0.3, -0.25) is 4.79 Å². The molecule has 2 rings (SSSR count). The molecule has 0 radical (unpaired) electrons. The molecule has 0 aromatic heterocycles. The normalized spacial score (nSPS) is 17.4. The largest absolute Gasteiger partial charge is 0.348 e. The van der Waals surface area contributed by atoms with Gasteiger partial charge in [-0.15, -0.1) is 0 Å². The van der Waals surface area contributed by atoms with Crippen LogP contribution >= 0.6 is 0 Å². The van der Waals surface area contributed by atoms with E-state index in [1.54, 1.807) is 19.1 Å². The van der Waals surface area contributed by atoms with Gasteiger partial charge >= 0.3 is 0 Å². The van der Waals surface area contributed by atoms with E-state index in [0.717, 1.165) is 19.6 Å². The second kappa shape index (κ2) is 6.15. The molecule has 1 aliphatic rings. The van der Waals surface area contributed by atoms with Gasteiger partial charge in [0.25, 0.3) is 5.91 Å². The SMILES string of the molecule is Cc1cccc(C(=O)NC(C)CN2CCCC2)c1F. The van der Waals surface area contributed by atoms with Crippen LogP contribution in [0.15, 0.2) is 18.2 Å². The Morgan fingerprint density at radius 3 is 2.79 bits per heavy atom. The molecule has 1 saturated heterocycles. The Morgan fingerprint density at radius 2 is 2.11 bits per heavy atom. The van der Waals surface area contributed by atoms with Crippen molar-refractivity contribution in [1.82, 2.24) is 10.2 Å². The van der Waals surface area contributed by atoms with Crippen LogP contribution in [0, 0.1) is 12.7 Å². The minimum absolute atomic E-state index is 0.0329. The lowest BCUT2D eigenvalue weighted by Crippen LogP contribution is -2.41. The molecule has 0 saturated carbocycles. The molecule has 0 spiro atoms. The van der Waals surface area contributed by atoms with E-state index < -0.39 is 5.82 Å². The summed E-state index contributed by atoms with van der Waals surface area (Å²) < 4.78 is 13.8. The van der Waals surface area contributed by atoms with Crippen molar-refractivity contribution in [2.45, 2.75) is 32.7 Å². The number of likely N-dealkylation sites (tertiary alicyclic amines) is 1. The van der Waals surface area contributed by atoms with Crippen molar-refractivity contribution < 1.29 is 9.18 Å². The number of nitrogens with zero attached hydrogens (tertiary/aromatic N) is 1. The van der Waals surface area contributed by atoms with Crippen LogP contribution in [0.1, 0.15) is 35.7 Å². The summed E-state index contributed by atoms with van der Waals surface area (Å²) in [5.74, 6) is -0.749. The zero-order chi connectivity index (χ0) is 13.8. The van der Waals surface area contributed by atoms with Gasteiger partial charge in [0, 0.05) is 12.6 Å². The van der Waals surface area contributed by atoms with Crippen LogP contribution in [0.3, 0.4) is 0 Å². The number of nitrogens with one attached hydrogen (secondary N) is 1. The quantitative estimate of drug-likeness (QED) is 0.905. The zero-order valence-electron chi connectivity index (χ0n) is 11.6. The molecule has 19 heavy (non-hydrogen) atoms. The highest BCUT2D eigenvalue weighted by Gasteiger charge is 2.18. The van der Waals surface area contributed by atoms with E-state index in [0.29, 0.717) is 5.56 Å². The maximum Gasteiger partial charge on any atom is 0.254 e. The molecule has 1 aliphatic heterocycles. The summed E-state index contributed by atoms with van der Waals surface area (Å²) in [7, 11) is 0. The van der Waals surface area contributed by atoms with Gasteiger partial charge in [0.05, 0.1) is 5.56 Å². The number of amides is 1. The second-order valence-electron chi connectivity index (χ2n) is 5.32. The van der Waals surface area contributed by atoms with Crippen LogP contribution in [0.4, 0.5) is 4.39 Å². The number of hydrogen-bond acceptors (Lipinski definition) is 2. The summed E-state index contributed by atoms with van der Waals surface area (Å²) in [5, 5.41) is 2.87. The summed E-state index contributed by atoms with van der Waals surface area (Å²) in [4.78, 5) is 14.4. The maximum atomic E-state index is 13.8. The molecule has 104 valence electrons. The molecule has 1 N–H and O–H groups in total. The third kappa shape index (κ3) is 3.53. The predicted molar refractivity (Wildman–Crippen MR) is 73.7 cm³/mol. The van der Waals surface area contributed by atoms with E-state index in [9.17, 15) is 9.18 Å². The van der Waals surface area contributed by atoms with Crippen LogP contribution in [-0.4, -0.2) is 36.5 Å². The van der Waals surface area contributed by atoms with Crippen molar-refractivity contribution in [2.24, 2.45) is 0 Å². The Kier molecular flexibility index (Phi) is 4.53. The molecular formula is C15H21FN2O. The molecule has 1 unspecified atom stereocenters. The van der Waals surface area contributed by atoms with Gasteiger partial charge in [-0.25, -0.2) is 4.39 Å². The van der Waals surface area contributed by atoms with Gasteiger partial charge in [0.15, 0.2) is 0 Å². The van der Waals surface area contributed by atoms with E-state index in [4.69, 9.17) is 0 Å². The first kappa shape index (κ1) is 14.0. The number of hydrogen-bond donors (Lipinski definition) is 1. The molecule has 4 heteroatoms. The molecule has 1 amide bonds. The standard InChI is InChI=1S/C15H21FN2O/c1-11-6-5-7-13(14(11)16)15(19)17-12(2)10-18-8-3-4-9-18/h5-7,12H,3-4,8-10H2,1-2H3,(H,17,19). The first-order chi connectivity index (χ1) is 9.08. The first-order valence-corrected chi connectivity index (χ1v) is 6.86. The lowest BCUT2D eigenvalue weighted by molar-refractivity contribution is 0.0927. The fourth-order valence-corrected chi connectivity index (χ4v) is 2.52. The lowest BCUT2D eigenvalue weighted by atomic mass is 10.1. The Bertz CT molecular complexity index is 455. The Morgan fingerprint density at radius 1 is 1.42 bits per heavy atom. The molecule has 1 aromatic rings. The minimum atomic E-state index is -0.423. The van der Waals surface area contributed by atoms with Crippen LogP contribution in [0.25, 0.3) is 0 Å². The van der Waals surface area contributed by atoms with Crippen LogP contribution in [0.2, 0.25) is 0 Å². The topological polar surface area (TPSA) is 32.3 Å². The van der Waals surface area contributed by atoms with Crippen LogP contribution < -0.4 is 5.32 Å². The van der Waals surface area contributed by atoms with Crippen LogP contribution in [0.5, 0.6) is 0 Å². The third-order valence-electron chi connectivity index (χ3n) is 3.54. The van der Waals surface area contributed by atoms with Gasteiger partial charge in [0.2, 0.25) is 0 Å². The van der Waals surface area contributed by atoms with Gasteiger partial charge in [-0.1, -0.05) is 12.1 Å². The number of halogens is 1. The lowest BCUT2D eigenvalue weighted by Gasteiger charge is -2.21. The molecule has 3 nitrogen and oxygen atoms in total. The Labute approximate surface area is 113 Å². The van der Waals surface area contributed by atoms with Crippen molar-refractivity contribution in [3.63, 3.8) is 0 Å². The monoisotopic (exact) mass is 264 g/mol. The van der Waals surface area contributed by atoms with Crippen LogP contribution in [-0.2, 0) is 0 Å². The Hall–Kier alpha value is -1.42. The average Bonchev–Trinajstić information content (AvgIpc) is 2.85. The average molecular weight is 264 g/mol. The fraction of sp³-hybridized carbons (Fsp3) is 0.533. The minimum Gasteiger partial charge on any atom is -0.348 e. The molecule has 0 aliphatic carbocycles. The maximum absolute atomic E-state index is 13.8. The number of rotatable bonds is 4. The molecule has 1 fully saturated rings. The first-order valence-electron chi connectivity index (χ1n) is 6.86. The summed E-state index contributed by atoms with van der Waals surface area (Å²) in [6.07, 6.45) is 2.46. The number of carbonyl (C=O) groups is 1. The van der Waals surface area contributed by atoms with E-state index >= 15 is 0 Å². The third-order valence-corrected chi connectivity index (χ3v) is 3.54. The van der Waals surface area contributed by atoms with Crippen molar-refractivity contribution >= 4 is 5.91 Å². The highest BCUT2D eigenvalue weighted by atomic mass is 19.1. The highest BCUT2D eigenvalue weighted by molar-refractivity contribution is 5.94. The van der Waals surface area contributed by atoms with Crippen molar-refractivity contribution in [2.75, 3.05) is 19.6 Å². The van der Waals surface area contributed by atoms with Gasteiger partial charge < -0.3 is 10.2 Å². The van der Waals surface area contributed by atoms with Gasteiger partial charge in [0.1, 0.15) is 5.82 Å². The van der Waals surface area contributed by atoms with Crippen molar-refractivity contribution in [3.05, 3.63) is 35.1 Å². The zero-order valence-corrected chi connectivity index (χ0v) is 11.6. The number of carbonyl (C=O) groups excluding carboxylic acids is 1. The summed E-state index contributed by atoms with van der Waals surface area (Å²) in [5.41, 5.74) is 0.633. The summed E-state index contributed by atoms with van der Waals surface area (Å²) >= 11 is 0. The summed E-state index contributed by atoms with van der Waals surface area (Å²) in [6, 6.07) is 4.93. The predicted octanol–water partition coefficient (Wildman–Crippen LogP) is 2.35. The molecule has 0 bridgehead atoms. The summed E-state index contributed by atoms with van der Waals surface area (Å²) in [6.45, 7) is 6.65. The van der Waals surface area contributed by atoms with Crippen molar-refractivity contribution in [3.8, 4) is 0 Å². The van der Waals surface area contributed by atoms with Gasteiger partial charge in [-0.05, 0) is 51.4 Å². The molecule has 1 aromatic carbocycles. The van der Waals surface area contributed by atoms with E-state index in [1.165, 1.54) is 18.9 Å². The molecular weight excluding hydrogens is 243 g/mol.